The standard InChI is InChI=1S/C26H21F3N2O4/c1-33-22-12-15(13-23(34-2)24(22)35-3)21-14-17(16-8-4-6-10-19(16)30-21)25(32)31-20-11-7-5-9-18(20)26(27,28)29/h4-14H,1-3H3,(H,31,32). The molecule has 9 heteroatoms. The third kappa shape index (κ3) is 4.70. The summed E-state index contributed by atoms with van der Waals surface area (Å²) in [7, 11) is 4.44. The van der Waals surface area contributed by atoms with Gasteiger partial charge in [0.2, 0.25) is 5.75 Å². The van der Waals surface area contributed by atoms with E-state index in [0.717, 1.165) is 6.07 Å². The third-order valence-corrected chi connectivity index (χ3v) is 5.40. The number of nitrogens with zero attached hydrogens (tertiary/aromatic N) is 1. The molecule has 0 fully saturated rings. The average molecular weight is 482 g/mol. The summed E-state index contributed by atoms with van der Waals surface area (Å²) in [4.78, 5) is 17.9. The van der Waals surface area contributed by atoms with Crippen molar-refractivity contribution in [3.05, 3.63) is 77.9 Å². The molecule has 1 aromatic heterocycles. The lowest BCUT2D eigenvalue weighted by Crippen LogP contribution is -2.17. The number of para-hydroxylation sites is 2. The maximum atomic E-state index is 13.4. The number of fused-ring (bicyclic) bond motifs is 1. The Kier molecular flexibility index (Phi) is 6.50. The molecule has 0 aliphatic heterocycles. The van der Waals surface area contributed by atoms with Gasteiger partial charge in [-0.2, -0.15) is 13.2 Å². The van der Waals surface area contributed by atoms with Gasteiger partial charge in [0.05, 0.1) is 49.4 Å². The zero-order valence-corrected chi connectivity index (χ0v) is 19.1. The lowest BCUT2D eigenvalue weighted by Gasteiger charge is -2.16. The van der Waals surface area contributed by atoms with Gasteiger partial charge < -0.3 is 19.5 Å². The van der Waals surface area contributed by atoms with Crippen molar-refractivity contribution in [1.29, 1.82) is 0 Å². The summed E-state index contributed by atoms with van der Waals surface area (Å²) >= 11 is 0. The molecule has 0 radical (unpaired) electrons. The quantitative estimate of drug-likeness (QED) is 0.354. The Morgan fingerprint density at radius 2 is 1.49 bits per heavy atom. The van der Waals surface area contributed by atoms with Gasteiger partial charge >= 0.3 is 6.18 Å². The molecule has 0 aliphatic carbocycles. The predicted octanol–water partition coefficient (Wildman–Crippen LogP) is 6.20. The smallest absolute Gasteiger partial charge is 0.418 e. The molecule has 1 N–H and O–H groups in total. The van der Waals surface area contributed by atoms with Crippen LogP contribution in [0.1, 0.15) is 15.9 Å². The highest BCUT2D eigenvalue weighted by atomic mass is 19.4. The van der Waals surface area contributed by atoms with Crippen molar-refractivity contribution in [3.63, 3.8) is 0 Å². The molecule has 3 aromatic carbocycles. The number of carbonyl (C=O) groups excluding carboxylic acids is 1. The van der Waals surface area contributed by atoms with Crippen molar-refractivity contribution in [1.82, 2.24) is 4.98 Å². The first-order chi connectivity index (χ1) is 16.8. The maximum absolute atomic E-state index is 13.4. The number of hydrogen-bond acceptors (Lipinski definition) is 5. The Bertz CT molecular complexity index is 1380. The van der Waals surface area contributed by atoms with E-state index < -0.39 is 17.6 Å². The number of alkyl halides is 3. The Labute approximate surface area is 199 Å². The molecule has 180 valence electrons. The fourth-order valence-electron chi connectivity index (χ4n) is 3.77. The van der Waals surface area contributed by atoms with Crippen molar-refractivity contribution < 1.29 is 32.2 Å². The van der Waals surface area contributed by atoms with Crippen LogP contribution in [-0.4, -0.2) is 32.2 Å². The predicted molar refractivity (Wildman–Crippen MR) is 126 cm³/mol. The van der Waals surface area contributed by atoms with Crippen LogP contribution in [0, 0.1) is 0 Å². The van der Waals surface area contributed by atoms with Gasteiger partial charge in [0.25, 0.3) is 5.91 Å². The van der Waals surface area contributed by atoms with Crippen LogP contribution in [0.2, 0.25) is 0 Å². The molecule has 6 nitrogen and oxygen atoms in total. The summed E-state index contributed by atoms with van der Waals surface area (Å²) in [6, 6.07) is 16.6. The monoisotopic (exact) mass is 482 g/mol. The number of pyridine rings is 1. The van der Waals surface area contributed by atoms with Gasteiger partial charge in [0, 0.05) is 10.9 Å². The van der Waals surface area contributed by atoms with E-state index in [1.54, 1.807) is 36.4 Å². The molecular weight excluding hydrogens is 461 g/mol. The number of ether oxygens (including phenoxy) is 3. The summed E-state index contributed by atoms with van der Waals surface area (Å²) in [6.07, 6.45) is -4.62. The van der Waals surface area contributed by atoms with Gasteiger partial charge in [-0.25, -0.2) is 4.98 Å². The Morgan fingerprint density at radius 1 is 0.857 bits per heavy atom. The molecule has 0 unspecified atom stereocenters. The zero-order valence-electron chi connectivity index (χ0n) is 19.1. The molecule has 4 rings (SSSR count). The number of benzene rings is 3. The van der Waals surface area contributed by atoms with Gasteiger partial charge in [-0.05, 0) is 36.4 Å². The van der Waals surface area contributed by atoms with E-state index in [1.807, 2.05) is 0 Å². The van der Waals surface area contributed by atoms with Crippen molar-refractivity contribution in [2.24, 2.45) is 0 Å². The second-order valence-corrected chi connectivity index (χ2v) is 7.48. The molecule has 4 aromatic rings. The number of methoxy groups -OCH3 is 3. The molecule has 0 saturated carbocycles. The van der Waals surface area contributed by atoms with Gasteiger partial charge in [0.15, 0.2) is 11.5 Å². The Morgan fingerprint density at radius 3 is 2.11 bits per heavy atom. The van der Waals surface area contributed by atoms with Gasteiger partial charge in [-0.3, -0.25) is 4.79 Å². The summed E-state index contributed by atoms with van der Waals surface area (Å²) < 4.78 is 56.5. The topological polar surface area (TPSA) is 69.7 Å². The molecule has 0 spiro atoms. The number of rotatable bonds is 6. The lowest BCUT2D eigenvalue weighted by atomic mass is 10.0. The highest BCUT2D eigenvalue weighted by Gasteiger charge is 2.33. The van der Waals surface area contributed by atoms with E-state index in [0.29, 0.717) is 39.4 Å². The van der Waals surface area contributed by atoms with E-state index >= 15 is 0 Å². The van der Waals surface area contributed by atoms with Crippen molar-refractivity contribution in [3.8, 4) is 28.5 Å². The number of anilines is 1. The van der Waals surface area contributed by atoms with Crippen LogP contribution in [0.4, 0.5) is 18.9 Å². The first-order valence-electron chi connectivity index (χ1n) is 10.4. The highest BCUT2D eigenvalue weighted by Crippen LogP contribution is 2.41. The summed E-state index contributed by atoms with van der Waals surface area (Å²) in [5.41, 5.74) is 0.355. The number of hydrogen-bond donors (Lipinski definition) is 1. The maximum Gasteiger partial charge on any atom is 0.418 e. The van der Waals surface area contributed by atoms with Crippen molar-refractivity contribution >= 4 is 22.5 Å². The molecule has 1 heterocycles. The fraction of sp³-hybridized carbons (Fsp3) is 0.154. The molecule has 35 heavy (non-hydrogen) atoms. The second kappa shape index (κ2) is 9.54. The minimum Gasteiger partial charge on any atom is -0.493 e. The zero-order chi connectivity index (χ0) is 25.2. The van der Waals surface area contributed by atoms with Crippen LogP contribution in [0.15, 0.2) is 66.7 Å². The largest absolute Gasteiger partial charge is 0.493 e. The van der Waals surface area contributed by atoms with Crippen molar-refractivity contribution in [2.75, 3.05) is 26.6 Å². The molecule has 1 amide bonds. The van der Waals surface area contributed by atoms with E-state index in [9.17, 15) is 18.0 Å². The van der Waals surface area contributed by atoms with E-state index in [1.165, 1.54) is 45.6 Å². The van der Waals surface area contributed by atoms with E-state index in [-0.39, 0.29) is 11.3 Å². The van der Waals surface area contributed by atoms with Crippen LogP contribution in [0.25, 0.3) is 22.2 Å². The van der Waals surface area contributed by atoms with E-state index in [4.69, 9.17) is 14.2 Å². The normalized spacial score (nSPS) is 11.3. The van der Waals surface area contributed by atoms with Crippen LogP contribution in [0.3, 0.4) is 0 Å². The third-order valence-electron chi connectivity index (χ3n) is 5.40. The molecule has 0 bridgehead atoms. The second-order valence-electron chi connectivity index (χ2n) is 7.48. The van der Waals surface area contributed by atoms with Crippen LogP contribution in [-0.2, 0) is 6.18 Å². The van der Waals surface area contributed by atoms with Gasteiger partial charge in [0.1, 0.15) is 0 Å². The van der Waals surface area contributed by atoms with E-state index in [2.05, 4.69) is 10.3 Å². The average Bonchev–Trinajstić information content (AvgIpc) is 2.86. The first kappa shape index (κ1) is 23.9. The van der Waals surface area contributed by atoms with Crippen molar-refractivity contribution in [2.45, 2.75) is 6.18 Å². The van der Waals surface area contributed by atoms with Crippen LogP contribution < -0.4 is 19.5 Å². The minimum absolute atomic E-state index is 0.163. The van der Waals surface area contributed by atoms with Crippen LogP contribution in [0.5, 0.6) is 17.2 Å². The Balaban J connectivity index is 1.85. The SMILES string of the molecule is COc1cc(-c2cc(C(=O)Nc3ccccc3C(F)(F)F)c3ccccc3n2)cc(OC)c1OC. The van der Waals surface area contributed by atoms with Gasteiger partial charge in [-0.15, -0.1) is 0 Å². The molecular formula is C26H21F3N2O4. The summed E-state index contributed by atoms with van der Waals surface area (Å²) in [5, 5.41) is 2.90. The number of halogens is 3. The molecule has 0 atom stereocenters. The number of nitrogens with one attached hydrogen (secondary N) is 1. The number of carbonyl (C=O) groups is 1. The first-order valence-corrected chi connectivity index (χ1v) is 10.4. The summed E-state index contributed by atoms with van der Waals surface area (Å²) in [6.45, 7) is 0. The van der Waals surface area contributed by atoms with Gasteiger partial charge in [-0.1, -0.05) is 30.3 Å². The van der Waals surface area contributed by atoms with Crippen LogP contribution >= 0.6 is 0 Å². The molecule has 0 saturated heterocycles. The highest BCUT2D eigenvalue weighted by molar-refractivity contribution is 6.13. The Hall–Kier alpha value is -4.27. The fourth-order valence-corrected chi connectivity index (χ4v) is 3.77. The number of amides is 1. The minimum atomic E-state index is -4.62. The summed E-state index contributed by atoms with van der Waals surface area (Å²) in [5.74, 6) is 0.471. The molecule has 0 aliphatic rings. The number of aromatic nitrogens is 1. The lowest BCUT2D eigenvalue weighted by molar-refractivity contribution is -0.136.